The Bertz CT molecular complexity index is 596. The Morgan fingerprint density at radius 3 is 2.48 bits per heavy atom. The van der Waals surface area contributed by atoms with Crippen molar-refractivity contribution >= 4 is 5.82 Å². The third kappa shape index (κ3) is 3.19. The monoisotopic (exact) mass is 289 g/mol. The summed E-state index contributed by atoms with van der Waals surface area (Å²) in [5.41, 5.74) is 0.418. The average molecular weight is 289 g/mol. The van der Waals surface area contributed by atoms with E-state index in [0.29, 0.717) is 12.1 Å². The minimum atomic E-state index is -0.778. The summed E-state index contributed by atoms with van der Waals surface area (Å²) in [7, 11) is 0. The maximum atomic E-state index is 13.7. The van der Waals surface area contributed by atoms with Crippen LogP contribution in [0.2, 0.25) is 0 Å². The molecule has 110 valence electrons. The summed E-state index contributed by atoms with van der Waals surface area (Å²) in [5, 5.41) is 0. The van der Waals surface area contributed by atoms with Crippen LogP contribution >= 0.6 is 0 Å². The van der Waals surface area contributed by atoms with Gasteiger partial charge in [-0.15, -0.1) is 0 Å². The lowest BCUT2D eigenvalue weighted by Crippen LogP contribution is -2.46. The second-order valence-electron chi connectivity index (χ2n) is 5.16. The molecule has 1 saturated heterocycles. The van der Waals surface area contributed by atoms with Gasteiger partial charge in [-0.05, 0) is 18.2 Å². The van der Waals surface area contributed by atoms with E-state index in [0.717, 1.165) is 38.1 Å². The van der Waals surface area contributed by atoms with E-state index in [4.69, 9.17) is 0 Å². The fraction of sp³-hybridized carbons (Fsp3) is 0.312. The predicted molar refractivity (Wildman–Crippen MR) is 78.1 cm³/mol. The van der Waals surface area contributed by atoms with Crippen molar-refractivity contribution in [1.29, 1.82) is 0 Å². The maximum Gasteiger partial charge on any atom is 0.163 e. The minimum Gasteiger partial charge on any atom is -0.354 e. The molecule has 0 amide bonds. The van der Waals surface area contributed by atoms with Crippen molar-refractivity contribution in [2.75, 3.05) is 31.1 Å². The molecule has 0 spiro atoms. The van der Waals surface area contributed by atoms with Gasteiger partial charge in [0.2, 0.25) is 0 Å². The minimum absolute atomic E-state index is 0.418. The summed E-state index contributed by atoms with van der Waals surface area (Å²) in [6.07, 6.45) is 1.78. The molecule has 1 aliphatic heterocycles. The van der Waals surface area contributed by atoms with Crippen molar-refractivity contribution < 1.29 is 8.78 Å². The Morgan fingerprint density at radius 1 is 0.952 bits per heavy atom. The third-order valence-corrected chi connectivity index (χ3v) is 3.77. The fourth-order valence-corrected chi connectivity index (χ4v) is 2.59. The van der Waals surface area contributed by atoms with Crippen molar-refractivity contribution in [2.24, 2.45) is 0 Å². The quantitative estimate of drug-likeness (QED) is 0.866. The largest absolute Gasteiger partial charge is 0.354 e. The van der Waals surface area contributed by atoms with E-state index in [1.807, 2.05) is 18.2 Å². The van der Waals surface area contributed by atoms with E-state index in [1.165, 1.54) is 0 Å². The van der Waals surface area contributed by atoms with Gasteiger partial charge in [-0.25, -0.2) is 13.8 Å². The zero-order chi connectivity index (χ0) is 14.7. The van der Waals surface area contributed by atoms with Crippen LogP contribution in [0.4, 0.5) is 14.6 Å². The molecule has 5 heteroatoms. The molecular formula is C16H17F2N3. The van der Waals surface area contributed by atoms with Crippen molar-refractivity contribution in [3.8, 4) is 0 Å². The fourth-order valence-electron chi connectivity index (χ4n) is 2.59. The van der Waals surface area contributed by atoms with Crippen LogP contribution in [0.15, 0.2) is 42.6 Å². The number of hydrogen-bond acceptors (Lipinski definition) is 3. The molecule has 0 unspecified atom stereocenters. The van der Waals surface area contributed by atoms with Crippen LogP contribution in [0.1, 0.15) is 5.56 Å². The second kappa shape index (κ2) is 6.18. The number of halogens is 2. The van der Waals surface area contributed by atoms with Gasteiger partial charge in [0.05, 0.1) is 0 Å². The van der Waals surface area contributed by atoms with Crippen LogP contribution in [-0.2, 0) is 6.54 Å². The molecule has 0 atom stereocenters. The zero-order valence-electron chi connectivity index (χ0n) is 11.7. The van der Waals surface area contributed by atoms with Gasteiger partial charge in [0.15, 0.2) is 11.6 Å². The molecule has 3 rings (SSSR count). The Morgan fingerprint density at radius 2 is 1.76 bits per heavy atom. The van der Waals surface area contributed by atoms with Crippen molar-refractivity contribution in [1.82, 2.24) is 9.88 Å². The molecule has 0 saturated carbocycles. The molecule has 1 fully saturated rings. The molecule has 1 aromatic heterocycles. The molecule has 0 aliphatic carbocycles. The van der Waals surface area contributed by atoms with Gasteiger partial charge in [-0.3, -0.25) is 4.90 Å². The van der Waals surface area contributed by atoms with E-state index in [-0.39, 0.29) is 0 Å². The van der Waals surface area contributed by atoms with Crippen LogP contribution in [0.3, 0.4) is 0 Å². The van der Waals surface area contributed by atoms with Crippen LogP contribution in [0, 0.1) is 11.6 Å². The summed E-state index contributed by atoms with van der Waals surface area (Å²) in [4.78, 5) is 8.68. The van der Waals surface area contributed by atoms with E-state index in [9.17, 15) is 8.78 Å². The van der Waals surface area contributed by atoms with Gasteiger partial charge in [-0.1, -0.05) is 18.2 Å². The number of anilines is 1. The molecule has 21 heavy (non-hydrogen) atoms. The lowest BCUT2D eigenvalue weighted by Gasteiger charge is -2.35. The van der Waals surface area contributed by atoms with Crippen LogP contribution in [0.5, 0.6) is 0 Å². The van der Waals surface area contributed by atoms with E-state index < -0.39 is 11.6 Å². The first-order valence-corrected chi connectivity index (χ1v) is 7.05. The van der Waals surface area contributed by atoms with Crippen molar-refractivity contribution in [2.45, 2.75) is 6.54 Å². The molecule has 2 heterocycles. The highest BCUT2D eigenvalue weighted by Crippen LogP contribution is 2.17. The summed E-state index contributed by atoms with van der Waals surface area (Å²) in [6.45, 7) is 3.75. The van der Waals surface area contributed by atoms with Gasteiger partial charge in [-0.2, -0.15) is 0 Å². The summed E-state index contributed by atoms with van der Waals surface area (Å²) in [5.74, 6) is -0.543. The molecule has 0 N–H and O–H groups in total. The molecule has 3 nitrogen and oxygen atoms in total. The summed E-state index contributed by atoms with van der Waals surface area (Å²) < 4.78 is 26.9. The SMILES string of the molecule is Fc1cccc(CN2CCN(c3ccccn3)CC2)c1F. The van der Waals surface area contributed by atoms with E-state index in [1.54, 1.807) is 18.3 Å². The molecule has 0 bridgehead atoms. The Hall–Kier alpha value is -2.01. The Kier molecular flexibility index (Phi) is 4.10. The molecule has 2 aromatic rings. The zero-order valence-corrected chi connectivity index (χ0v) is 11.7. The highest BCUT2D eigenvalue weighted by Gasteiger charge is 2.19. The first kappa shape index (κ1) is 13.9. The van der Waals surface area contributed by atoms with E-state index >= 15 is 0 Å². The maximum absolute atomic E-state index is 13.7. The summed E-state index contributed by atoms with van der Waals surface area (Å²) in [6, 6.07) is 10.2. The van der Waals surface area contributed by atoms with Gasteiger partial charge >= 0.3 is 0 Å². The van der Waals surface area contributed by atoms with E-state index in [2.05, 4.69) is 14.8 Å². The van der Waals surface area contributed by atoms with Crippen LogP contribution in [-0.4, -0.2) is 36.1 Å². The van der Waals surface area contributed by atoms with Gasteiger partial charge in [0, 0.05) is 44.5 Å². The lowest BCUT2D eigenvalue weighted by atomic mass is 10.1. The first-order valence-electron chi connectivity index (χ1n) is 7.05. The second-order valence-corrected chi connectivity index (χ2v) is 5.16. The summed E-state index contributed by atoms with van der Waals surface area (Å²) >= 11 is 0. The smallest absolute Gasteiger partial charge is 0.163 e. The third-order valence-electron chi connectivity index (χ3n) is 3.77. The van der Waals surface area contributed by atoms with Crippen LogP contribution < -0.4 is 4.90 Å². The number of nitrogens with zero attached hydrogens (tertiary/aromatic N) is 3. The standard InChI is InChI=1S/C16H17F2N3/c17-14-5-3-4-13(16(14)18)12-20-8-10-21(11-9-20)15-6-1-2-7-19-15/h1-7H,8-12H2. The molecule has 1 aromatic carbocycles. The molecule has 0 radical (unpaired) electrons. The first-order chi connectivity index (χ1) is 10.2. The normalized spacial score (nSPS) is 16.2. The topological polar surface area (TPSA) is 19.4 Å². The number of benzene rings is 1. The Balaban J connectivity index is 1.60. The van der Waals surface area contributed by atoms with Crippen molar-refractivity contribution in [3.05, 3.63) is 59.8 Å². The number of aromatic nitrogens is 1. The van der Waals surface area contributed by atoms with Gasteiger partial charge in [0.25, 0.3) is 0 Å². The Labute approximate surface area is 122 Å². The molecular weight excluding hydrogens is 272 g/mol. The number of piperazine rings is 1. The molecule has 1 aliphatic rings. The average Bonchev–Trinajstić information content (AvgIpc) is 2.53. The highest BCUT2D eigenvalue weighted by molar-refractivity contribution is 5.38. The number of hydrogen-bond donors (Lipinski definition) is 0. The number of rotatable bonds is 3. The highest BCUT2D eigenvalue weighted by atomic mass is 19.2. The lowest BCUT2D eigenvalue weighted by molar-refractivity contribution is 0.245. The van der Waals surface area contributed by atoms with Gasteiger partial charge in [0.1, 0.15) is 5.82 Å². The van der Waals surface area contributed by atoms with Crippen LogP contribution in [0.25, 0.3) is 0 Å². The predicted octanol–water partition coefficient (Wildman–Crippen LogP) is 2.68. The van der Waals surface area contributed by atoms with Gasteiger partial charge < -0.3 is 4.90 Å². The number of pyridine rings is 1. The van der Waals surface area contributed by atoms with Crippen molar-refractivity contribution in [3.63, 3.8) is 0 Å².